The third-order valence-electron chi connectivity index (χ3n) is 5.44. The van der Waals surface area contributed by atoms with E-state index in [0.29, 0.717) is 5.69 Å². The van der Waals surface area contributed by atoms with E-state index in [4.69, 9.17) is 0 Å². The molecule has 0 saturated carbocycles. The van der Waals surface area contributed by atoms with Crippen molar-refractivity contribution >= 4 is 43.5 Å². The van der Waals surface area contributed by atoms with Gasteiger partial charge in [0.15, 0.2) is 0 Å². The minimum Gasteiger partial charge on any atom is -0.352 e. The number of carbonyl (C=O) groups is 2. The summed E-state index contributed by atoms with van der Waals surface area (Å²) >= 11 is 3.33. The van der Waals surface area contributed by atoms with Crippen molar-refractivity contribution in [2.75, 3.05) is 17.1 Å². The van der Waals surface area contributed by atoms with E-state index < -0.39 is 28.5 Å². The van der Waals surface area contributed by atoms with Gasteiger partial charge < -0.3 is 10.2 Å². The van der Waals surface area contributed by atoms with E-state index in [1.54, 1.807) is 31.2 Å². The number of amides is 2. The molecule has 2 aromatic rings. The van der Waals surface area contributed by atoms with Crippen LogP contribution < -0.4 is 9.62 Å². The fraction of sp³-hybridized carbons (Fsp3) is 0.417. The number of hydrogen-bond acceptors (Lipinski definition) is 4. The molecule has 7 nitrogen and oxygen atoms in total. The Morgan fingerprint density at radius 2 is 1.61 bits per heavy atom. The molecule has 2 amide bonds. The van der Waals surface area contributed by atoms with Crippen LogP contribution in [0.5, 0.6) is 0 Å². The van der Waals surface area contributed by atoms with E-state index in [9.17, 15) is 18.0 Å². The van der Waals surface area contributed by atoms with Crippen LogP contribution in [0.3, 0.4) is 0 Å². The molecule has 0 aliphatic heterocycles. The van der Waals surface area contributed by atoms with Gasteiger partial charge in [0.1, 0.15) is 12.6 Å². The maximum absolute atomic E-state index is 13.4. The predicted octanol–water partition coefficient (Wildman–Crippen LogP) is 3.86. The van der Waals surface area contributed by atoms with Crippen molar-refractivity contribution in [1.82, 2.24) is 10.2 Å². The molecule has 0 fully saturated rings. The molecule has 0 aliphatic rings. The van der Waals surface area contributed by atoms with E-state index in [1.165, 1.54) is 4.90 Å². The molecule has 0 saturated heterocycles. The number of rotatable bonds is 10. The van der Waals surface area contributed by atoms with Crippen LogP contribution in [0.2, 0.25) is 0 Å². The second-order valence-corrected chi connectivity index (χ2v) is 11.1. The lowest BCUT2D eigenvalue weighted by molar-refractivity contribution is -0.139. The number of sulfonamides is 1. The van der Waals surface area contributed by atoms with Crippen molar-refractivity contribution in [3.05, 3.63) is 64.1 Å². The first kappa shape index (κ1) is 26.9. The molecular formula is C24H32BrN3O4S. The molecule has 2 aromatic carbocycles. The molecule has 0 aliphatic carbocycles. The minimum absolute atomic E-state index is 0.0356. The molecule has 0 aromatic heterocycles. The zero-order valence-electron chi connectivity index (χ0n) is 19.7. The number of halogens is 1. The first-order chi connectivity index (χ1) is 15.4. The van der Waals surface area contributed by atoms with Crippen LogP contribution >= 0.6 is 15.9 Å². The first-order valence-corrected chi connectivity index (χ1v) is 13.4. The van der Waals surface area contributed by atoms with Crippen LogP contribution in [0.1, 0.15) is 38.3 Å². The number of nitrogens with zero attached hydrogens (tertiary/aromatic N) is 2. The molecule has 1 N–H and O–H groups in total. The van der Waals surface area contributed by atoms with E-state index in [-0.39, 0.29) is 18.5 Å². The minimum atomic E-state index is -3.74. The second-order valence-electron chi connectivity index (χ2n) is 8.25. The van der Waals surface area contributed by atoms with E-state index in [0.717, 1.165) is 32.6 Å². The number of nitrogens with one attached hydrogen (secondary N) is 1. The number of carbonyl (C=O) groups excluding carboxylic acids is 2. The van der Waals surface area contributed by atoms with Crippen molar-refractivity contribution < 1.29 is 18.0 Å². The maximum Gasteiger partial charge on any atom is 0.244 e. The van der Waals surface area contributed by atoms with Gasteiger partial charge in [-0.25, -0.2) is 8.42 Å². The monoisotopic (exact) mass is 537 g/mol. The van der Waals surface area contributed by atoms with Gasteiger partial charge in [0, 0.05) is 17.1 Å². The Balaban J connectivity index is 2.36. The summed E-state index contributed by atoms with van der Waals surface area (Å²) in [5, 5.41) is 2.91. The van der Waals surface area contributed by atoms with Crippen molar-refractivity contribution in [1.29, 1.82) is 0 Å². The van der Waals surface area contributed by atoms with Gasteiger partial charge in [-0.3, -0.25) is 13.9 Å². The molecule has 9 heteroatoms. The molecule has 0 radical (unpaired) electrons. The first-order valence-electron chi connectivity index (χ1n) is 10.8. The van der Waals surface area contributed by atoms with Crippen molar-refractivity contribution in [3.63, 3.8) is 0 Å². The normalized spacial score (nSPS) is 13.2. The largest absolute Gasteiger partial charge is 0.352 e. The van der Waals surface area contributed by atoms with E-state index in [2.05, 4.69) is 21.2 Å². The van der Waals surface area contributed by atoms with Crippen LogP contribution in [0, 0.1) is 6.92 Å². The third-order valence-corrected chi connectivity index (χ3v) is 7.10. The van der Waals surface area contributed by atoms with Crippen LogP contribution in [0.4, 0.5) is 5.69 Å². The smallest absolute Gasteiger partial charge is 0.244 e. The fourth-order valence-electron chi connectivity index (χ4n) is 3.16. The Bertz CT molecular complexity index is 1060. The predicted molar refractivity (Wildman–Crippen MR) is 135 cm³/mol. The van der Waals surface area contributed by atoms with Gasteiger partial charge in [-0.2, -0.15) is 0 Å². The standard InChI is InChI=1S/C24H32BrN3O4S/c1-6-18(3)26-24(30)19(4)27(15-20-9-7-17(2)8-10-20)23(29)16-28(33(5,31)32)22-13-11-21(25)12-14-22/h7-14,18-19H,6,15-16H2,1-5H3,(H,26,30)/t18-,19+/m0/s1. The van der Waals surface area contributed by atoms with Crippen molar-refractivity contribution in [2.45, 2.75) is 52.7 Å². The Labute approximate surface area is 205 Å². The molecule has 180 valence electrons. The van der Waals surface area contributed by atoms with Gasteiger partial charge in [0.25, 0.3) is 0 Å². The highest BCUT2D eigenvalue weighted by Crippen LogP contribution is 2.21. The SMILES string of the molecule is CC[C@H](C)NC(=O)[C@@H](C)N(Cc1ccc(C)cc1)C(=O)CN(c1ccc(Br)cc1)S(C)(=O)=O. The van der Waals surface area contributed by atoms with Crippen LogP contribution in [-0.2, 0) is 26.2 Å². The van der Waals surface area contributed by atoms with Gasteiger partial charge in [-0.15, -0.1) is 0 Å². The van der Waals surface area contributed by atoms with E-state index >= 15 is 0 Å². The van der Waals surface area contributed by atoms with Crippen molar-refractivity contribution in [2.24, 2.45) is 0 Å². The van der Waals surface area contributed by atoms with Crippen molar-refractivity contribution in [3.8, 4) is 0 Å². The summed E-state index contributed by atoms with van der Waals surface area (Å²) in [6.45, 7) is 7.27. The lowest BCUT2D eigenvalue weighted by Gasteiger charge is -2.32. The number of aryl methyl sites for hydroxylation is 1. The second kappa shape index (κ2) is 11.7. The summed E-state index contributed by atoms with van der Waals surface area (Å²) in [7, 11) is -3.74. The Hall–Kier alpha value is -2.39. The summed E-state index contributed by atoms with van der Waals surface area (Å²) < 4.78 is 26.9. The number of hydrogen-bond donors (Lipinski definition) is 1. The highest BCUT2D eigenvalue weighted by Gasteiger charge is 2.30. The Morgan fingerprint density at radius 3 is 2.12 bits per heavy atom. The number of benzene rings is 2. The highest BCUT2D eigenvalue weighted by molar-refractivity contribution is 9.10. The molecule has 2 atom stereocenters. The summed E-state index contributed by atoms with van der Waals surface area (Å²) in [4.78, 5) is 27.7. The average Bonchev–Trinajstić information content (AvgIpc) is 2.76. The molecule has 0 heterocycles. The molecule has 33 heavy (non-hydrogen) atoms. The molecule has 2 rings (SSSR count). The fourth-order valence-corrected chi connectivity index (χ4v) is 4.27. The van der Waals surface area contributed by atoms with Crippen LogP contribution in [0.15, 0.2) is 53.0 Å². The lowest BCUT2D eigenvalue weighted by atomic mass is 10.1. The molecule has 0 spiro atoms. The molecule has 0 bridgehead atoms. The average molecular weight is 539 g/mol. The zero-order valence-corrected chi connectivity index (χ0v) is 22.1. The summed E-state index contributed by atoms with van der Waals surface area (Å²) in [6.07, 6.45) is 1.82. The summed E-state index contributed by atoms with van der Waals surface area (Å²) in [5.41, 5.74) is 2.31. The van der Waals surface area contributed by atoms with Crippen LogP contribution in [-0.4, -0.2) is 50.0 Å². The third kappa shape index (κ3) is 7.85. The summed E-state index contributed by atoms with van der Waals surface area (Å²) in [5.74, 6) is -0.741. The van der Waals surface area contributed by atoms with Gasteiger partial charge >= 0.3 is 0 Å². The lowest BCUT2D eigenvalue weighted by Crippen LogP contribution is -2.52. The highest BCUT2D eigenvalue weighted by atomic mass is 79.9. The molecule has 0 unspecified atom stereocenters. The van der Waals surface area contributed by atoms with Gasteiger partial charge in [-0.05, 0) is 57.0 Å². The van der Waals surface area contributed by atoms with Crippen LogP contribution in [0.25, 0.3) is 0 Å². The van der Waals surface area contributed by atoms with E-state index in [1.807, 2.05) is 45.0 Å². The summed E-state index contributed by atoms with van der Waals surface area (Å²) in [6, 6.07) is 13.5. The van der Waals surface area contributed by atoms with Gasteiger partial charge in [-0.1, -0.05) is 52.7 Å². The zero-order chi connectivity index (χ0) is 24.8. The van der Waals surface area contributed by atoms with Gasteiger partial charge in [0.05, 0.1) is 11.9 Å². The van der Waals surface area contributed by atoms with Gasteiger partial charge in [0.2, 0.25) is 21.8 Å². The topological polar surface area (TPSA) is 86.8 Å². The Kier molecular flexibility index (Phi) is 9.48. The molecular weight excluding hydrogens is 506 g/mol. The Morgan fingerprint density at radius 1 is 1.03 bits per heavy atom. The quantitative estimate of drug-likeness (QED) is 0.498. The number of anilines is 1. The maximum atomic E-state index is 13.4.